The van der Waals surface area contributed by atoms with Crippen LogP contribution in [-0.2, 0) is 16.1 Å². The van der Waals surface area contributed by atoms with Crippen molar-refractivity contribution < 1.29 is 9.59 Å². The Morgan fingerprint density at radius 2 is 1.70 bits per heavy atom. The number of carbonyl (C=O) groups is 2. The first-order valence-corrected chi connectivity index (χ1v) is 11.6. The van der Waals surface area contributed by atoms with Gasteiger partial charge < -0.3 is 10.2 Å². The Hall–Kier alpha value is -1.98. The smallest absolute Gasteiger partial charge is 0.243 e. The van der Waals surface area contributed by atoms with Crippen LogP contribution in [0, 0.1) is 0 Å². The van der Waals surface area contributed by atoms with Crippen LogP contribution >= 0.6 is 23.4 Å². The van der Waals surface area contributed by atoms with Crippen molar-refractivity contribution in [1.29, 1.82) is 0 Å². The van der Waals surface area contributed by atoms with Gasteiger partial charge in [-0.2, -0.15) is 0 Å². The van der Waals surface area contributed by atoms with Gasteiger partial charge in [-0.05, 0) is 51.0 Å². The summed E-state index contributed by atoms with van der Waals surface area (Å²) in [5.74, 6) is 0.467. The molecule has 1 N–H and O–H groups in total. The molecule has 162 valence electrons. The zero-order valence-corrected chi connectivity index (χ0v) is 19.7. The summed E-state index contributed by atoms with van der Waals surface area (Å²) in [6.07, 6.45) is 0.882. The first-order chi connectivity index (χ1) is 14.2. The Labute approximate surface area is 189 Å². The third kappa shape index (κ3) is 7.69. The lowest BCUT2D eigenvalue weighted by atomic mass is 10.1. The summed E-state index contributed by atoms with van der Waals surface area (Å²) >= 11 is 7.99. The van der Waals surface area contributed by atoms with E-state index in [2.05, 4.69) is 5.32 Å². The van der Waals surface area contributed by atoms with Crippen LogP contribution < -0.4 is 5.32 Å². The molecule has 2 amide bonds. The first-order valence-electron chi connectivity index (χ1n) is 10.2. The lowest BCUT2D eigenvalue weighted by Crippen LogP contribution is -2.53. The quantitative estimate of drug-likeness (QED) is 0.514. The van der Waals surface area contributed by atoms with Gasteiger partial charge in [-0.3, -0.25) is 9.59 Å². The van der Waals surface area contributed by atoms with E-state index in [9.17, 15) is 9.59 Å². The Kier molecular flexibility index (Phi) is 9.25. The summed E-state index contributed by atoms with van der Waals surface area (Å²) in [6.45, 7) is 8.06. The van der Waals surface area contributed by atoms with E-state index in [1.807, 2.05) is 76.2 Å². The van der Waals surface area contributed by atoms with Crippen molar-refractivity contribution in [2.45, 2.75) is 63.6 Å². The van der Waals surface area contributed by atoms with Gasteiger partial charge in [-0.25, -0.2) is 0 Å². The largest absolute Gasteiger partial charge is 0.350 e. The van der Waals surface area contributed by atoms with E-state index in [-0.39, 0.29) is 17.4 Å². The molecule has 0 unspecified atom stereocenters. The number of nitrogens with one attached hydrogen (secondary N) is 1. The Morgan fingerprint density at radius 1 is 1.07 bits per heavy atom. The van der Waals surface area contributed by atoms with Crippen LogP contribution in [0.1, 0.15) is 46.1 Å². The molecule has 6 heteroatoms. The molecule has 0 aliphatic rings. The number of amides is 2. The maximum atomic E-state index is 13.2. The van der Waals surface area contributed by atoms with Crippen LogP contribution in [0.25, 0.3) is 0 Å². The molecule has 0 heterocycles. The minimum Gasteiger partial charge on any atom is -0.350 e. The van der Waals surface area contributed by atoms with Crippen molar-refractivity contribution in [3.63, 3.8) is 0 Å². The Balaban J connectivity index is 2.17. The average molecular weight is 447 g/mol. The molecular weight excluding hydrogens is 416 g/mol. The molecule has 0 aromatic heterocycles. The molecule has 0 radical (unpaired) electrons. The van der Waals surface area contributed by atoms with E-state index >= 15 is 0 Å². The zero-order chi connectivity index (χ0) is 22.1. The normalized spacial score (nSPS) is 12.3. The van der Waals surface area contributed by atoms with Gasteiger partial charge in [0.05, 0.1) is 0 Å². The predicted octanol–water partition coefficient (Wildman–Crippen LogP) is 5.54. The van der Waals surface area contributed by atoms with E-state index in [1.54, 1.807) is 22.7 Å². The summed E-state index contributed by atoms with van der Waals surface area (Å²) in [7, 11) is 0. The standard InChI is InChI=1S/C24H31ClN2O2S/c1-5-21(23(29)26-24(2,3)4)27(17-18-11-9-10-14-20(18)25)22(28)15-16-30-19-12-7-6-8-13-19/h6-14,21H,5,15-17H2,1-4H3,(H,26,29)/t21-/m0/s1. The molecule has 1 atom stereocenters. The first kappa shape index (κ1) is 24.3. The molecule has 2 rings (SSSR count). The molecule has 2 aromatic carbocycles. The highest BCUT2D eigenvalue weighted by Gasteiger charge is 2.30. The predicted molar refractivity (Wildman–Crippen MR) is 126 cm³/mol. The summed E-state index contributed by atoms with van der Waals surface area (Å²) in [6, 6.07) is 16.9. The topological polar surface area (TPSA) is 49.4 Å². The van der Waals surface area contributed by atoms with Gasteiger partial charge in [0.1, 0.15) is 6.04 Å². The molecule has 0 bridgehead atoms. The minimum atomic E-state index is -0.547. The number of carbonyl (C=O) groups excluding carboxylic acids is 2. The van der Waals surface area contributed by atoms with E-state index < -0.39 is 6.04 Å². The molecule has 0 spiro atoms. The second kappa shape index (κ2) is 11.4. The molecule has 0 aliphatic heterocycles. The number of thioether (sulfide) groups is 1. The fourth-order valence-electron chi connectivity index (χ4n) is 3.10. The van der Waals surface area contributed by atoms with Gasteiger partial charge in [0.25, 0.3) is 0 Å². The van der Waals surface area contributed by atoms with Crippen molar-refractivity contribution in [3.05, 3.63) is 65.2 Å². The zero-order valence-electron chi connectivity index (χ0n) is 18.2. The highest BCUT2D eigenvalue weighted by molar-refractivity contribution is 7.99. The fraction of sp³-hybridized carbons (Fsp3) is 0.417. The SMILES string of the molecule is CC[C@@H](C(=O)NC(C)(C)C)N(Cc1ccccc1Cl)C(=O)CCSc1ccccc1. The molecule has 2 aromatic rings. The number of benzene rings is 2. The van der Waals surface area contributed by atoms with Crippen LogP contribution in [0.15, 0.2) is 59.5 Å². The lowest BCUT2D eigenvalue weighted by molar-refractivity contribution is -0.141. The van der Waals surface area contributed by atoms with E-state index in [4.69, 9.17) is 11.6 Å². The van der Waals surface area contributed by atoms with Gasteiger partial charge in [0.15, 0.2) is 0 Å². The minimum absolute atomic E-state index is 0.0470. The monoisotopic (exact) mass is 446 g/mol. The molecule has 0 aliphatic carbocycles. The lowest BCUT2D eigenvalue weighted by Gasteiger charge is -2.33. The van der Waals surface area contributed by atoms with Gasteiger partial charge in [0.2, 0.25) is 11.8 Å². The highest BCUT2D eigenvalue weighted by atomic mass is 35.5. The molecule has 30 heavy (non-hydrogen) atoms. The van der Waals surface area contributed by atoms with Gasteiger partial charge in [-0.15, -0.1) is 11.8 Å². The average Bonchev–Trinajstić information content (AvgIpc) is 2.68. The van der Waals surface area contributed by atoms with Crippen molar-refractivity contribution in [3.8, 4) is 0 Å². The van der Waals surface area contributed by atoms with Gasteiger partial charge >= 0.3 is 0 Å². The molecule has 0 saturated heterocycles. The van der Waals surface area contributed by atoms with Crippen LogP contribution in [0.3, 0.4) is 0 Å². The number of hydrogen-bond donors (Lipinski definition) is 1. The summed E-state index contributed by atoms with van der Waals surface area (Å²) in [5, 5.41) is 3.61. The Bertz CT molecular complexity index is 837. The third-order valence-electron chi connectivity index (χ3n) is 4.51. The molecule has 0 saturated carbocycles. The second-order valence-corrected chi connectivity index (χ2v) is 9.76. The maximum absolute atomic E-state index is 13.2. The van der Waals surface area contributed by atoms with Crippen molar-refractivity contribution >= 4 is 35.2 Å². The van der Waals surface area contributed by atoms with E-state index in [0.29, 0.717) is 30.2 Å². The van der Waals surface area contributed by atoms with Gasteiger partial charge in [-0.1, -0.05) is 54.9 Å². The number of nitrogens with zero attached hydrogens (tertiary/aromatic N) is 1. The third-order valence-corrected chi connectivity index (χ3v) is 5.89. The molecule has 4 nitrogen and oxygen atoms in total. The fourth-order valence-corrected chi connectivity index (χ4v) is 4.16. The Morgan fingerprint density at radius 3 is 2.30 bits per heavy atom. The number of halogens is 1. The van der Waals surface area contributed by atoms with Crippen LogP contribution in [0.4, 0.5) is 0 Å². The summed E-state index contributed by atoms with van der Waals surface area (Å²) in [4.78, 5) is 29.0. The van der Waals surface area contributed by atoms with Crippen molar-refractivity contribution in [2.75, 3.05) is 5.75 Å². The van der Waals surface area contributed by atoms with E-state index in [1.165, 1.54) is 0 Å². The van der Waals surface area contributed by atoms with Crippen LogP contribution in [0.5, 0.6) is 0 Å². The molecule has 0 fully saturated rings. The maximum Gasteiger partial charge on any atom is 0.243 e. The van der Waals surface area contributed by atoms with Gasteiger partial charge in [0, 0.05) is 34.2 Å². The summed E-state index contributed by atoms with van der Waals surface area (Å²) in [5.41, 5.74) is 0.470. The summed E-state index contributed by atoms with van der Waals surface area (Å²) < 4.78 is 0. The number of rotatable bonds is 9. The van der Waals surface area contributed by atoms with Crippen molar-refractivity contribution in [2.24, 2.45) is 0 Å². The number of hydrogen-bond acceptors (Lipinski definition) is 3. The second-order valence-electron chi connectivity index (χ2n) is 8.19. The highest BCUT2D eigenvalue weighted by Crippen LogP contribution is 2.22. The molecular formula is C24H31ClN2O2S. The van der Waals surface area contributed by atoms with E-state index in [0.717, 1.165) is 10.5 Å². The van der Waals surface area contributed by atoms with Crippen LogP contribution in [-0.4, -0.2) is 34.0 Å². The van der Waals surface area contributed by atoms with Crippen molar-refractivity contribution in [1.82, 2.24) is 10.2 Å². The van der Waals surface area contributed by atoms with Crippen LogP contribution in [0.2, 0.25) is 5.02 Å².